The van der Waals surface area contributed by atoms with Crippen molar-refractivity contribution in [2.24, 2.45) is 0 Å². The number of ether oxygens (including phenoxy) is 1. The van der Waals surface area contributed by atoms with Crippen LogP contribution in [0.15, 0.2) is 24.3 Å². The molecular formula is C17H28O2. The number of rotatable bonds is 9. The summed E-state index contributed by atoms with van der Waals surface area (Å²) in [7, 11) is 0. The van der Waals surface area contributed by atoms with Crippen molar-refractivity contribution in [2.45, 2.75) is 58.3 Å². The molecular weight excluding hydrogens is 236 g/mol. The van der Waals surface area contributed by atoms with Crippen LogP contribution in [0.1, 0.15) is 58.4 Å². The average molecular weight is 264 g/mol. The highest BCUT2D eigenvalue weighted by Gasteiger charge is 2.17. The third-order valence-electron chi connectivity index (χ3n) is 3.84. The van der Waals surface area contributed by atoms with Gasteiger partial charge in [0.25, 0.3) is 0 Å². The Balaban J connectivity index is 2.32. The summed E-state index contributed by atoms with van der Waals surface area (Å²) in [5.74, 6) is 0.956. The Morgan fingerprint density at radius 2 is 1.63 bits per heavy atom. The Labute approximate surface area is 117 Å². The molecule has 0 fully saturated rings. The van der Waals surface area contributed by atoms with Crippen molar-refractivity contribution < 1.29 is 9.84 Å². The molecule has 0 radical (unpaired) electrons. The topological polar surface area (TPSA) is 29.5 Å². The molecule has 0 atom stereocenters. The van der Waals surface area contributed by atoms with Crippen molar-refractivity contribution in [1.29, 1.82) is 0 Å². The van der Waals surface area contributed by atoms with Gasteiger partial charge in [0, 0.05) is 6.61 Å². The van der Waals surface area contributed by atoms with Gasteiger partial charge in [0.15, 0.2) is 0 Å². The largest absolute Gasteiger partial charge is 0.494 e. The minimum absolute atomic E-state index is 0.239. The minimum atomic E-state index is 0.239. The van der Waals surface area contributed by atoms with Crippen molar-refractivity contribution in [3.8, 4) is 5.75 Å². The molecule has 0 amide bonds. The van der Waals surface area contributed by atoms with Crippen LogP contribution in [0.25, 0.3) is 0 Å². The van der Waals surface area contributed by atoms with E-state index in [4.69, 9.17) is 9.84 Å². The van der Waals surface area contributed by atoms with Gasteiger partial charge in [0.1, 0.15) is 5.75 Å². The number of unbranched alkanes of at least 4 members (excludes halogenated alkanes) is 3. The highest BCUT2D eigenvalue weighted by atomic mass is 16.5. The molecule has 0 saturated carbocycles. The summed E-state index contributed by atoms with van der Waals surface area (Å²) in [6.07, 6.45) is 5.31. The second-order valence-electron chi connectivity index (χ2n) is 5.75. The third kappa shape index (κ3) is 5.65. The zero-order valence-corrected chi connectivity index (χ0v) is 12.6. The first-order chi connectivity index (χ1) is 9.10. The molecule has 0 aliphatic heterocycles. The molecule has 108 valence electrons. The predicted molar refractivity (Wildman–Crippen MR) is 80.8 cm³/mol. The Morgan fingerprint density at radius 3 is 2.21 bits per heavy atom. The van der Waals surface area contributed by atoms with E-state index >= 15 is 0 Å². The fourth-order valence-corrected chi connectivity index (χ4v) is 1.96. The van der Waals surface area contributed by atoms with Crippen LogP contribution >= 0.6 is 0 Å². The van der Waals surface area contributed by atoms with Crippen LogP contribution in [0.5, 0.6) is 5.75 Å². The maximum absolute atomic E-state index is 8.68. The van der Waals surface area contributed by atoms with Crippen LogP contribution in [0.2, 0.25) is 0 Å². The van der Waals surface area contributed by atoms with Gasteiger partial charge in [-0.2, -0.15) is 0 Å². The maximum Gasteiger partial charge on any atom is 0.119 e. The monoisotopic (exact) mass is 264 g/mol. The molecule has 0 saturated heterocycles. The first-order valence-corrected chi connectivity index (χ1v) is 7.44. The van der Waals surface area contributed by atoms with E-state index in [0.717, 1.165) is 44.5 Å². The summed E-state index contributed by atoms with van der Waals surface area (Å²) in [6.45, 7) is 7.82. The van der Waals surface area contributed by atoms with E-state index in [1.54, 1.807) is 0 Å². The fourth-order valence-electron chi connectivity index (χ4n) is 1.96. The molecule has 0 spiro atoms. The quantitative estimate of drug-likeness (QED) is 0.674. The number of benzene rings is 1. The first-order valence-electron chi connectivity index (χ1n) is 7.44. The Morgan fingerprint density at radius 1 is 1.00 bits per heavy atom. The van der Waals surface area contributed by atoms with Gasteiger partial charge in [-0.05, 0) is 48.8 Å². The summed E-state index contributed by atoms with van der Waals surface area (Å²) in [5, 5.41) is 8.68. The Hall–Kier alpha value is -1.02. The Bertz CT molecular complexity index is 341. The van der Waals surface area contributed by atoms with Crippen LogP contribution < -0.4 is 4.74 Å². The second kappa shape index (κ2) is 8.21. The first kappa shape index (κ1) is 16.0. The number of aliphatic hydroxyl groups is 1. The molecule has 2 heteroatoms. The van der Waals surface area contributed by atoms with E-state index in [1.807, 2.05) is 0 Å². The average Bonchev–Trinajstić information content (AvgIpc) is 2.43. The number of aliphatic hydroxyl groups excluding tert-OH is 1. The van der Waals surface area contributed by atoms with E-state index in [2.05, 4.69) is 45.0 Å². The number of hydrogen-bond acceptors (Lipinski definition) is 2. The summed E-state index contributed by atoms with van der Waals surface area (Å²) in [5.41, 5.74) is 1.60. The molecule has 1 rings (SSSR count). The van der Waals surface area contributed by atoms with Gasteiger partial charge < -0.3 is 9.84 Å². The predicted octanol–water partition coefficient (Wildman–Crippen LogP) is 4.31. The summed E-state index contributed by atoms with van der Waals surface area (Å²) < 4.78 is 5.73. The Kier molecular flexibility index (Phi) is 6.93. The fraction of sp³-hybridized carbons (Fsp3) is 0.647. The van der Waals surface area contributed by atoms with Crippen LogP contribution in [0, 0.1) is 0 Å². The van der Waals surface area contributed by atoms with Crippen molar-refractivity contribution in [1.82, 2.24) is 0 Å². The van der Waals surface area contributed by atoms with Crippen LogP contribution in [-0.4, -0.2) is 18.3 Å². The van der Waals surface area contributed by atoms with Gasteiger partial charge in [-0.25, -0.2) is 0 Å². The van der Waals surface area contributed by atoms with E-state index < -0.39 is 0 Å². The van der Waals surface area contributed by atoms with Gasteiger partial charge in [0.05, 0.1) is 6.61 Å². The van der Waals surface area contributed by atoms with E-state index in [9.17, 15) is 0 Å². The zero-order chi connectivity index (χ0) is 14.1. The summed E-state index contributed by atoms with van der Waals surface area (Å²) in [6, 6.07) is 8.48. The summed E-state index contributed by atoms with van der Waals surface area (Å²) in [4.78, 5) is 0. The SMILES string of the molecule is CCC(C)(C)c1ccc(OCCCCCCO)cc1. The highest BCUT2D eigenvalue weighted by molar-refractivity contribution is 5.31. The van der Waals surface area contributed by atoms with Crippen LogP contribution in [-0.2, 0) is 5.41 Å². The molecule has 1 aromatic rings. The molecule has 2 nitrogen and oxygen atoms in total. The maximum atomic E-state index is 8.68. The van der Waals surface area contributed by atoms with Gasteiger partial charge in [-0.3, -0.25) is 0 Å². The lowest BCUT2D eigenvalue weighted by atomic mass is 9.82. The standard InChI is InChI=1S/C17H28O2/c1-4-17(2,3)15-9-11-16(12-10-15)19-14-8-6-5-7-13-18/h9-12,18H,4-8,13-14H2,1-3H3. The van der Waals surface area contributed by atoms with Crippen molar-refractivity contribution >= 4 is 0 Å². The van der Waals surface area contributed by atoms with Crippen molar-refractivity contribution in [3.05, 3.63) is 29.8 Å². The normalized spacial score (nSPS) is 11.6. The molecule has 0 unspecified atom stereocenters. The van der Waals surface area contributed by atoms with E-state index in [1.165, 1.54) is 5.56 Å². The minimum Gasteiger partial charge on any atom is -0.494 e. The van der Waals surface area contributed by atoms with Crippen LogP contribution in [0.3, 0.4) is 0 Å². The van der Waals surface area contributed by atoms with Gasteiger partial charge >= 0.3 is 0 Å². The molecule has 0 aliphatic carbocycles. The molecule has 0 bridgehead atoms. The molecule has 0 heterocycles. The van der Waals surface area contributed by atoms with Crippen molar-refractivity contribution in [3.63, 3.8) is 0 Å². The van der Waals surface area contributed by atoms with Gasteiger partial charge in [0.2, 0.25) is 0 Å². The second-order valence-corrected chi connectivity index (χ2v) is 5.75. The lowest BCUT2D eigenvalue weighted by Crippen LogP contribution is -2.15. The molecule has 19 heavy (non-hydrogen) atoms. The molecule has 1 N–H and O–H groups in total. The summed E-state index contributed by atoms with van der Waals surface area (Å²) >= 11 is 0. The highest BCUT2D eigenvalue weighted by Crippen LogP contribution is 2.28. The smallest absolute Gasteiger partial charge is 0.119 e. The number of hydrogen-bond donors (Lipinski definition) is 1. The molecule has 1 aromatic carbocycles. The molecule has 0 aromatic heterocycles. The third-order valence-corrected chi connectivity index (χ3v) is 3.84. The van der Waals surface area contributed by atoms with E-state index in [-0.39, 0.29) is 5.41 Å². The molecule has 0 aliphatic rings. The van der Waals surface area contributed by atoms with Gasteiger partial charge in [-0.1, -0.05) is 39.3 Å². The lowest BCUT2D eigenvalue weighted by molar-refractivity contribution is 0.273. The van der Waals surface area contributed by atoms with Gasteiger partial charge in [-0.15, -0.1) is 0 Å². The zero-order valence-electron chi connectivity index (χ0n) is 12.6. The van der Waals surface area contributed by atoms with E-state index in [0.29, 0.717) is 6.61 Å². The van der Waals surface area contributed by atoms with Crippen molar-refractivity contribution in [2.75, 3.05) is 13.2 Å². The lowest BCUT2D eigenvalue weighted by Gasteiger charge is -2.23. The van der Waals surface area contributed by atoms with Crippen LogP contribution in [0.4, 0.5) is 0 Å².